The fraction of sp³-hybridized carbons (Fsp3) is 0.333. The predicted molar refractivity (Wildman–Crippen MR) is 53.4 cm³/mol. The lowest BCUT2D eigenvalue weighted by Crippen LogP contribution is -1.99. The van der Waals surface area contributed by atoms with Crippen molar-refractivity contribution in [3.05, 3.63) is 27.8 Å². The predicted octanol–water partition coefficient (Wildman–Crippen LogP) is 1.75. The SMILES string of the molecule is CCc1cc(OC)c(N)cc1[N+](=O)[O-]. The average Bonchev–Trinajstić information content (AvgIpc) is 2.17. The Kier molecular flexibility index (Phi) is 2.91. The molecule has 0 aliphatic carbocycles. The molecule has 1 aromatic rings. The summed E-state index contributed by atoms with van der Waals surface area (Å²) in [5, 5.41) is 10.6. The van der Waals surface area contributed by atoms with Gasteiger partial charge in [0.15, 0.2) is 0 Å². The van der Waals surface area contributed by atoms with Crippen LogP contribution < -0.4 is 10.5 Å². The van der Waals surface area contributed by atoms with Gasteiger partial charge in [-0.1, -0.05) is 6.92 Å². The molecule has 2 N–H and O–H groups in total. The Labute approximate surface area is 81.6 Å². The van der Waals surface area contributed by atoms with E-state index in [1.54, 1.807) is 6.07 Å². The van der Waals surface area contributed by atoms with Gasteiger partial charge in [-0.2, -0.15) is 0 Å². The Hall–Kier alpha value is -1.78. The number of nitrogens with zero attached hydrogens (tertiary/aromatic N) is 1. The van der Waals surface area contributed by atoms with E-state index in [4.69, 9.17) is 10.5 Å². The van der Waals surface area contributed by atoms with Gasteiger partial charge in [0.25, 0.3) is 5.69 Å². The molecule has 0 aliphatic heterocycles. The van der Waals surface area contributed by atoms with E-state index in [0.717, 1.165) is 0 Å². The van der Waals surface area contributed by atoms with Crippen molar-refractivity contribution in [2.24, 2.45) is 0 Å². The number of nitro benzene ring substituents is 1. The van der Waals surface area contributed by atoms with Crippen molar-refractivity contribution in [3.63, 3.8) is 0 Å². The van der Waals surface area contributed by atoms with E-state index in [1.165, 1.54) is 13.2 Å². The van der Waals surface area contributed by atoms with Crippen LogP contribution in [0.3, 0.4) is 0 Å². The van der Waals surface area contributed by atoms with Crippen LogP contribution in [0.1, 0.15) is 12.5 Å². The standard InChI is InChI=1S/C9H12N2O3/c1-3-6-4-9(14-2)7(10)5-8(6)11(12)13/h4-5H,3,10H2,1-2H3. The zero-order chi connectivity index (χ0) is 10.7. The number of nitro groups is 1. The zero-order valence-electron chi connectivity index (χ0n) is 8.11. The van der Waals surface area contributed by atoms with Gasteiger partial charge in [-0.05, 0) is 12.5 Å². The Morgan fingerprint density at radius 2 is 2.21 bits per heavy atom. The van der Waals surface area contributed by atoms with Crippen molar-refractivity contribution in [1.82, 2.24) is 0 Å². The second kappa shape index (κ2) is 3.95. The van der Waals surface area contributed by atoms with Gasteiger partial charge in [-0.15, -0.1) is 0 Å². The van der Waals surface area contributed by atoms with E-state index >= 15 is 0 Å². The lowest BCUT2D eigenvalue weighted by atomic mass is 10.1. The summed E-state index contributed by atoms with van der Waals surface area (Å²) in [6, 6.07) is 2.94. The first-order chi connectivity index (χ1) is 6.60. The van der Waals surface area contributed by atoms with Crippen LogP contribution in [0.2, 0.25) is 0 Å². The van der Waals surface area contributed by atoms with Crippen LogP contribution in [0.15, 0.2) is 12.1 Å². The summed E-state index contributed by atoms with van der Waals surface area (Å²) >= 11 is 0. The van der Waals surface area contributed by atoms with E-state index in [9.17, 15) is 10.1 Å². The topological polar surface area (TPSA) is 78.4 Å². The third kappa shape index (κ3) is 1.76. The number of hydrogen-bond acceptors (Lipinski definition) is 4. The lowest BCUT2D eigenvalue weighted by molar-refractivity contribution is -0.385. The Balaban J connectivity index is 3.31. The van der Waals surface area contributed by atoms with Gasteiger partial charge in [-0.25, -0.2) is 0 Å². The molecule has 0 atom stereocenters. The third-order valence-corrected chi connectivity index (χ3v) is 2.01. The van der Waals surface area contributed by atoms with Crippen molar-refractivity contribution >= 4 is 11.4 Å². The van der Waals surface area contributed by atoms with Crippen LogP contribution in [0.4, 0.5) is 11.4 Å². The molecule has 0 heterocycles. The van der Waals surface area contributed by atoms with Gasteiger partial charge in [-0.3, -0.25) is 10.1 Å². The number of methoxy groups -OCH3 is 1. The quantitative estimate of drug-likeness (QED) is 0.453. The first kappa shape index (κ1) is 10.3. The van der Waals surface area contributed by atoms with Gasteiger partial charge in [0.2, 0.25) is 0 Å². The minimum Gasteiger partial charge on any atom is -0.495 e. The number of nitrogen functional groups attached to an aromatic ring is 1. The summed E-state index contributed by atoms with van der Waals surface area (Å²) in [4.78, 5) is 10.2. The highest BCUT2D eigenvalue weighted by Gasteiger charge is 2.15. The second-order valence-corrected chi connectivity index (χ2v) is 2.83. The fourth-order valence-electron chi connectivity index (χ4n) is 1.26. The van der Waals surface area contributed by atoms with Gasteiger partial charge in [0.05, 0.1) is 17.7 Å². The molecule has 0 radical (unpaired) electrons. The molecule has 0 aromatic heterocycles. The van der Waals surface area contributed by atoms with E-state index in [-0.39, 0.29) is 11.4 Å². The highest BCUT2D eigenvalue weighted by molar-refractivity contribution is 5.61. The third-order valence-electron chi connectivity index (χ3n) is 2.01. The molecule has 0 unspecified atom stereocenters. The monoisotopic (exact) mass is 196 g/mol. The van der Waals surface area contributed by atoms with Gasteiger partial charge in [0, 0.05) is 11.6 Å². The average molecular weight is 196 g/mol. The highest BCUT2D eigenvalue weighted by atomic mass is 16.6. The molecular weight excluding hydrogens is 184 g/mol. The van der Waals surface area contributed by atoms with Gasteiger partial charge in [0.1, 0.15) is 5.75 Å². The molecule has 5 heteroatoms. The summed E-state index contributed by atoms with van der Waals surface area (Å²) in [5.74, 6) is 0.479. The van der Waals surface area contributed by atoms with E-state index in [0.29, 0.717) is 17.7 Å². The second-order valence-electron chi connectivity index (χ2n) is 2.83. The Morgan fingerprint density at radius 3 is 2.64 bits per heavy atom. The number of hydrogen-bond donors (Lipinski definition) is 1. The minimum atomic E-state index is -0.436. The maximum Gasteiger partial charge on any atom is 0.274 e. The fourth-order valence-corrected chi connectivity index (χ4v) is 1.26. The number of ether oxygens (including phenoxy) is 1. The van der Waals surface area contributed by atoms with Crippen LogP contribution in [0.25, 0.3) is 0 Å². The number of rotatable bonds is 3. The van der Waals surface area contributed by atoms with Crippen molar-refractivity contribution in [2.75, 3.05) is 12.8 Å². The van der Waals surface area contributed by atoms with Crippen LogP contribution in [-0.4, -0.2) is 12.0 Å². The summed E-state index contributed by atoms with van der Waals surface area (Å²) in [6.45, 7) is 1.85. The number of nitrogens with two attached hydrogens (primary N) is 1. The molecule has 0 saturated carbocycles. The van der Waals surface area contributed by atoms with Crippen LogP contribution >= 0.6 is 0 Å². The first-order valence-electron chi connectivity index (χ1n) is 4.21. The smallest absolute Gasteiger partial charge is 0.274 e. The molecule has 5 nitrogen and oxygen atoms in total. The van der Waals surface area contributed by atoms with Crippen molar-refractivity contribution in [1.29, 1.82) is 0 Å². The summed E-state index contributed by atoms with van der Waals surface area (Å²) in [7, 11) is 1.48. The number of benzene rings is 1. The lowest BCUT2D eigenvalue weighted by Gasteiger charge is -2.06. The van der Waals surface area contributed by atoms with E-state index in [2.05, 4.69) is 0 Å². The maximum absolute atomic E-state index is 10.6. The van der Waals surface area contributed by atoms with Crippen molar-refractivity contribution in [3.8, 4) is 5.75 Å². The molecule has 0 saturated heterocycles. The Morgan fingerprint density at radius 1 is 1.57 bits per heavy atom. The van der Waals surface area contributed by atoms with Crippen molar-refractivity contribution < 1.29 is 9.66 Å². The molecule has 0 aliphatic rings. The molecule has 0 bridgehead atoms. The minimum absolute atomic E-state index is 0.0470. The van der Waals surface area contributed by atoms with Crippen LogP contribution in [-0.2, 0) is 6.42 Å². The van der Waals surface area contributed by atoms with Gasteiger partial charge < -0.3 is 10.5 Å². The summed E-state index contributed by atoms with van der Waals surface area (Å²) < 4.78 is 4.97. The first-order valence-corrected chi connectivity index (χ1v) is 4.21. The van der Waals surface area contributed by atoms with Crippen molar-refractivity contribution in [2.45, 2.75) is 13.3 Å². The highest BCUT2D eigenvalue weighted by Crippen LogP contribution is 2.30. The van der Waals surface area contributed by atoms with Crippen LogP contribution in [0.5, 0.6) is 5.75 Å². The molecule has 1 rings (SSSR count). The molecule has 0 spiro atoms. The van der Waals surface area contributed by atoms with E-state index < -0.39 is 4.92 Å². The number of anilines is 1. The normalized spacial score (nSPS) is 9.86. The maximum atomic E-state index is 10.6. The summed E-state index contributed by atoms with van der Waals surface area (Å²) in [5.41, 5.74) is 6.53. The molecular formula is C9H12N2O3. The molecule has 0 fully saturated rings. The molecule has 0 amide bonds. The largest absolute Gasteiger partial charge is 0.495 e. The van der Waals surface area contributed by atoms with Crippen LogP contribution in [0, 0.1) is 10.1 Å². The molecule has 76 valence electrons. The molecule has 1 aromatic carbocycles. The summed E-state index contributed by atoms with van der Waals surface area (Å²) in [6.07, 6.45) is 0.576. The van der Waals surface area contributed by atoms with Gasteiger partial charge >= 0.3 is 0 Å². The molecule has 14 heavy (non-hydrogen) atoms. The van der Waals surface area contributed by atoms with E-state index in [1.807, 2.05) is 6.92 Å². The Bertz CT molecular complexity index is 363. The number of aryl methyl sites for hydroxylation is 1. The zero-order valence-corrected chi connectivity index (χ0v) is 8.11.